The van der Waals surface area contributed by atoms with E-state index in [1.54, 1.807) is 0 Å². The van der Waals surface area contributed by atoms with Crippen LogP contribution < -0.4 is 0 Å². The van der Waals surface area contributed by atoms with Crippen molar-refractivity contribution in [3.8, 4) is 11.1 Å². The van der Waals surface area contributed by atoms with Gasteiger partial charge in [-0.25, -0.2) is 0 Å². The molecule has 4 saturated heterocycles. The molecule has 4 aliphatic heterocycles. The normalized spacial score (nSPS) is 31.3. The van der Waals surface area contributed by atoms with E-state index in [1.165, 1.54) is 22.3 Å². The summed E-state index contributed by atoms with van der Waals surface area (Å²) >= 11 is 0. The molecule has 1 amide bonds. The van der Waals surface area contributed by atoms with Crippen molar-refractivity contribution < 1.29 is 4.79 Å². The molecular formula is C28H35N3O. The van der Waals surface area contributed by atoms with Crippen LogP contribution in [0, 0.1) is 12.8 Å². The van der Waals surface area contributed by atoms with Crippen LogP contribution in [0.25, 0.3) is 11.1 Å². The van der Waals surface area contributed by atoms with Gasteiger partial charge in [-0.05, 0) is 94.0 Å². The Kier molecular flexibility index (Phi) is 4.92. The van der Waals surface area contributed by atoms with Crippen LogP contribution in [0.2, 0.25) is 0 Å². The van der Waals surface area contributed by atoms with Crippen LogP contribution in [0.1, 0.15) is 49.3 Å². The predicted molar refractivity (Wildman–Crippen MR) is 128 cm³/mol. The highest BCUT2D eigenvalue weighted by atomic mass is 16.2. The van der Waals surface area contributed by atoms with Crippen LogP contribution in [0.5, 0.6) is 0 Å². The topological polar surface area (TPSA) is 26.8 Å². The zero-order valence-electron chi connectivity index (χ0n) is 19.5. The standard InChI is InChI=1S/C28H35N3O/c1-20-7-3-4-10-25(20)21-8-5-9-22(17-21)26-18-23-19-30(24-11-15-29(2)16-12-24)27(32)28(23)13-6-14-31(26)28/h3-5,7-10,17,23-24,26H,6,11-16,18-19H2,1-2H3/t23-,26-,28-/m0/s1. The molecule has 3 atom stereocenters. The molecule has 6 rings (SSSR count). The second-order valence-electron chi connectivity index (χ2n) is 10.6. The quantitative estimate of drug-likeness (QED) is 0.719. The van der Waals surface area contributed by atoms with Crippen LogP contribution in [-0.4, -0.2) is 65.4 Å². The third kappa shape index (κ3) is 2.99. The second kappa shape index (κ2) is 7.71. The van der Waals surface area contributed by atoms with Crippen LogP contribution in [0.15, 0.2) is 48.5 Å². The Bertz CT molecular complexity index is 1030. The first-order chi connectivity index (χ1) is 15.6. The maximum Gasteiger partial charge on any atom is 0.243 e. The molecule has 0 N–H and O–H groups in total. The summed E-state index contributed by atoms with van der Waals surface area (Å²) in [5, 5.41) is 0. The lowest BCUT2D eigenvalue weighted by Crippen LogP contribution is -2.52. The minimum absolute atomic E-state index is 0.229. The summed E-state index contributed by atoms with van der Waals surface area (Å²) in [5.74, 6) is 0.927. The largest absolute Gasteiger partial charge is 0.338 e. The molecule has 4 heteroatoms. The van der Waals surface area contributed by atoms with E-state index >= 15 is 0 Å². The smallest absolute Gasteiger partial charge is 0.243 e. The molecule has 0 unspecified atom stereocenters. The van der Waals surface area contributed by atoms with E-state index in [-0.39, 0.29) is 5.54 Å². The Hall–Kier alpha value is -2.17. The van der Waals surface area contributed by atoms with E-state index in [0.717, 1.165) is 58.3 Å². The van der Waals surface area contributed by atoms with Gasteiger partial charge < -0.3 is 9.80 Å². The molecule has 4 nitrogen and oxygen atoms in total. The number of hydrogen-bond acceptors (Lipinski definition) is 3. The van der Waals surface area contributed by atoms with Crippen molar-refractivity contribution in [2.24, 2.45) is 5.92 Å². The summed E-state index contributed by atoms with van der Waals surface area (Å²) < 4.78 is 0. The molecule has 32 heavy (non-hydrogen) atoms. The fraction of sp³-hybridized carbons (Fsp3) is 0.536. The molecule has 0 saturated carbocycles. The summed E-state index contributed by atoms with van der Waals surface area (Å²) in [7, 11) is 2.20. The number of benzene rings is 2. The molecule has 0 radical (unpaired) electrons. The van der Waals surface area contributed by atoms with Crippen molar-refractivity contribution in [3.63, 3.8) is 0 Å². The van der Waals surface area contributed by atoms with Crippen molar-refractivity contribution in [1.29, 1.82) is 0 Å². The van der Waals surface area contributed by atoms with Crippen molar-refractivity contribution in [3.05, 3.63) is 59.7 Å². The number of aryl methyl sites for hydroxylation is 1. The highest BCUT2D eigenvalue weighted by molar-refractivity contribution is 5.90. The second-order valence-corrected chi connectivity index (χ2v) is 10.6. The van der Waals surface area contributed by atoms with Crippen LogP contribution >= 0.6 is 0 Å². The summed E-state index contributed by atoms with van der Waals surface area (Å²) in [6.07, 6.45) is 5.58. The number of piperidine rings is 1. The first kappa shape index (κ1) is 20.4. The Morgan fingerprint density at radius 3 is 2.62 bits per heavy atom. The van der Waals surface area contributed by atoms with Gasteiger partial charge in [-0.3, -0.25) is 9.69 Å². The van der Waals surface area contributed by atoms with Crippen molar-refractivity contribution in [2.75, 3.05) is 33.2 Å². The van der Waals surface area contributed by atoms with Crippen molar-refractivity contribution in [1.82, 2.24) is 14.7 Å². The van der Waals surface area contributed by atoms with Crippen molar-refractivity contribution >= 4 is 5.91 Å². The van der Waals surface area contributed by atoms with Gasteiger partial charge in [0, 0.05) is 24.5 Å². The Labute approximate surface area is 192 Å². The highest BCUT2D eigenvalue weighted by Gasteiger charge is 2.65. The van der Waals surface area contributed by atoms with E-state index in [4.69, 9.17) is 0 Å². The lowest BCUT2D eigenvalue weighted by molar-refractivity contribution is -0.139. The molecule has 2 aromatic rings. The number of carbonyl (C=O) groups is 1. The zero-order valence-corrected chi connectivity index (χ0v) is 19.5. The molecule has 2 aromatic carbocycles. The molecule has 0 aliphatic carbocycles. The lowest BCUT2D eigenvalue weighted by atomic mass is 9.85. The zero-order chi connectivity index (χ0) is 21.9. The van der Waals surface area contributed by atoms with E-state index < -0.39 is 0 Å². The molecule has 168 valence electrons. The van der Waals surface area contributed by atoms with Crippen LogP contribution in [0.3, 0.4) is 0 Å². The Morgan fingerprint density at radius 1 is 1.00 bits per heavy atom. The first-order valence-electron chi connectivity index (χ1n) is 12.5. The average Bonchev–Trinajstić information content (AvgIpc) is 3.45. The minimum Gasteiger partial charge on any atom is -0.338 e. The van der Waals surface area contributed by atoms with Crippen LogP contribution in [0.4, 0.5) is 0 Å². The fourth-order valence-electron chi connectivity index (χ4n) is 7.27. The van der Waals surface area contributed by atoms with Gasteiger partial charge in [0.1, 0.15) is 5.54 Å². The van der Waals surface area contributed by atoms with E-state index in [2.05, 4.69) is 77.2 Å². The number of likely N-dealkylation sites (tertiary alicyclic amines) is 2. The molecule has 0 aromatic heterocycles. The number of hydrogen-bond donors (Lipinski definition) is 0. The maximum absolute atomic E-state index is 14.0. The number of amides is 1. The molecular weight excluding hydrogens is 394 g/mol. The number of rotatable bonds is 3. The molecule has 4 aliphatic rings. The van der Waals surface area contributed by atoms with E-state index in [9.17, 15) is 4.79 Å². The first-order valence-corrected chi connectivity index (χ1v) is 12.5. The molecule has 4 fully saturated rings. The summed E-state index contributed by atoms with van der Waals surface area (Å²) in [4.78, 5) is 21.3. The summed E-state index contributed by atoms with van der Waals surface area (Å²) in [5.41, 5.74) is 5.08. The van der Waals surface area contributed by atoms with Gasteiger partial charge in [-0.2, -0.15) is 0 Å². The SMILES string of the molecule is Cc1ccccc1-c1cccc([C@@H]2C[C@H]3CN(C4CCN(C)CC4)C(=O)[C@]34CCCN24)c1. The van der Waals surface area contributed by atoms with E-state index in [0.29, 0.717) is 23.9 Å². The molecule has 0 bridgehead atoms. The monoisotopic (exact) mass is 429 g/mol. The highest BCUT2D eigenvalue weighted by Crippen LogP contribution is 2.56. The Balaban J connectivity index is 1.29. The van der Waals surface area contributed by atoms with Gasteiger partial charge >= 0.3 is 0 Å². The number of carbonyl (C=O) groups excluding carboxylic acids is 1. The van der Waals surface area contributed by atoms with Gasteiger partial charge in [0.15, 0.2) is 0 Å². The number of nitrogens with zero attached hydrogens (tertiary/aromatic N) is 3. The molecule has 4 heterocycles. The minimum atomic E-state index is -0.229. The van der Waals surface area contributed by atoms with Gasteiger partial charge in [0.2, 0.25) is 5.91 Å². The summed E-state index contributed by atoms with van der Waals surface area (Å²) in [6, 6.07) is 18.6. The van der Waals surface area contributed by atoms with Crippen molar-refractivity contribution in [2.45, 2.75) is 56.7 Å². The molecule has 1 spiro atoms. The third-order valence-electron chi connectivity index (χ3n) is 8.93. The maximum atomic E-state index is 14.0. The van der Waals surface area contributed by atoms with Gasteiger partial charge in [-0.1, -0.05) is 42.5 Å². The fourth-order valence-corrected chi connectivity index (χ4v) is 7.27. The van der Waals surface area contributed by atoms with Gasteiger partial charge in [0.05, 0.1) is 0 Å². The summed E-state index contributed by atoms with van der Waals surface area (Å²) in [6.45, 7) is 6.45. The lowest BCUT2D eigenvalue weighted by Gasteiger charge is -2.38. The van der Waals surface area contributed by atoms with Gasteiger partial charge in [0.25, 0.3) is 0 Å². The van der Waals surface area contributed by atoms with Crippen LogP contribution in [-0.2, 0) is 4.79 Å². The predicted octanol–water partition coefficient (Wildman–Crippen LogP) is 4.49. The third-order valence-corrected chi connectivity index (χ3v) is 8.93. The average molecular weight is 430 g/mol. The van der Waals surface area contributed by atoms with Gasteiger partial charge in [-0.15, -0.1) is 0 Å². The Morgan fingerprint density at radius 2 is 1.81 bits per heavy atom. The van der Waals surface area contributed by atoms with E-state index in [1.807, 2.05) is 0 Å².